The molecule has 3 nitrogen and oxygen atoms in total. The number of hydrogen-bond donors (Lipinski definition) is 2. The van der Waals surface area contributed by atoms with Crippen molar-refractivity contribution in [2.45, 2.75) is 19.3 Å². The second-order valence-electron chi connectivity index (χ2n) is 3.60. The van der Waals surface area contributed by atoms with Crippen molar-refractivity contribution >= 4 is 5.69 Å². The van der Waals surface area contributed by atoms with Crippen molar-refractivity contribution in [3.05, 3.63) is 30.3 Å². The van der Waals surface area contributed by atoms with Crippen LogP contribution in [0.5, 0.6) is 0 Å². The van der Waals surface area contributed by atoms with Crippen LogP contribution in [0.3, 0.4) is 0 Å². The normalized spacial score (nSPS) is 18.9. The van der Waals surface area contributed by atoms with Gasteiger partial charge in [-0.25, -0.2) is 5.43 Å². The first-order valence-electron chi connectivity index (χ1n) is 5.28. The average Bonchev–Trinajstić information content (AvgIpc) is 2.48. The highest BCUT2D eigenvalue weighted by atomic mass is 15.7. The SMILES string of the molecule is c1ccc(NN2CCCCCN2)cc1. The number of nitrogens with zero attached hydrogens (tertiary/aromatic N) is 1. The van der Waals surface area contributed by atoms with Crippen molar-refractivity contribution in [1.29, 1.82) is 0 Å². The highest BCUT2D eigenvalue weighted by molar-refractivity contribution is 5.41. The highest BCUT2D eigenvalue weighted by Gasteiger charge is 2.06. The van der Waals surface area contributed by atoms with Crippen LogP contribution in [0.1, 0.15) is 19.3 Å². The summed E-state index contributed by atoms with van der Waals surface area (Å²) in [6, 6.07) is 10.3. The van der Waals surface area contributed by atoms with Crippen molar-refractivity contribution in [3.8, 4) is 0 Å². The second kappa shape index (κ2) is 4.98. The number of benzene rings is 1. The Morgan fingerprint density at radius 3 is 2.79 bits per heavy atom. The van der Waals surface area contributed by atoms with Gasteiger partial charge in [0.2, 0.25) is 0 Å². The third-order valence-corrected chi connectivity index (χ3v) is 2.40. The molecular formula is C11H17N3. The molecule has 0 unspecified atom stereocenters. The summed E-state index contributed by atoms with van der Waals surface area (Å²) >= 11 is 0. The van der Waals surface area contributed by atoms with Gasteiger partial charge in [0, 0.05) is 13.1 Å². The number of anilines is 1. The first-order chi connectivity index (χ1) is 6.95. The zero-order valence-corrected chi connectivity index (χ0v) is 8.37. The number of hydrogen-bond acceptors (Lipinski definition) is 3. The Labute approximate surface area is 85.1 Å². The molecule has 0 aliphatic carbocycles. The van der Waals surface area contributed by atoms with Crippen molar-refractivity contribution in [1.82, 2.24) is 10.5 Å². The predicted octanol–water partition coefficient (Wildman–Crippen LogP) is 2.00. The van der Waals surface area contributed by atoms with E-state index in [9.17, 15) is 0 Å². The van der Waals surface area contributed by atoms with Crippen LogP contribution in [0, 0.1) is 0 Å². The number of para-hydroxylation sites is 1. The molecule has 14 heavy (non-hydrogen) atoms. The molecule has 3 heteroatoms. The zero-order chi connectivity index (χ0) is 9.64. The predicted molar refractivity (Wildman–Crippen MR) is 58.6 cm³/mol. The van der Waals surface area contributed by atoms with E-state index >= 15 is 0 Å². The molecule has 1 aliphatic rings. The van der Waals surface area contributed by atoms with Gasteiger partial charge in [0.1, 0.15) is 0 Å². The third-order valence-electron chi connectivity index (χ3n) is 2.40. The van der Waals surface area contributed by atoms with E-state index in [0.717, 1.165) is 18.8 Å². The van der Waals surface area contributed by atoms with E-state index in [2.05, 4.69) is 28.1 Å². The summed E-state index contributed by atoms with van der Waals surface area (Å²) in [5.74, 6) is 0. The standard InChI is InChI=1S/C11H17N3/c1-3-7-11(8-4-1)13-14-10-6-2-5-9-12-14/h1,3-4,7-8,12-13H,2,5-6,9-10H2. The van der Waals surface area contributed by atoms with E-state index in [1.54, 1.807) is 0 Å². The monoisotopic (exact) mass is 191 g/mol. The van der Waals surface area contributed by atoms with E-state index in [4.69, 9.17) is 0 Å². The highest BCUT2D eigenvalue weighted by Crippen LogP contribution is 2.08. The summed E-state index contributed by atoms with van der Waals surface area (Å²) in [5.41, 5.74) is 7.84. The van der Waals surface area contributed by atoms with Crippen molar-refractivity contribution < 1.29 is 0 Å². The topological polar surface area (TPSA) is 27.3 Å². The Hall–Kier alpha value is -1.06. The molecule has 0 spiro atoms. The zero-order valence-electron chi connectivity index (χ0n) is 8.37. The Morgan fingerprint density at radius 1 is 1.07 bits per heavy atom. The fourth-order valence-corrected chi connectivity index (χ4v) is 1.63. The Balaban J connectivity index is 1.90. The molecule has 0 amide bonds. The van der Waals surface area contributed by atoms with E-state index in [0.29, 0.717) is 0 Å². The molecule has 1 saturated heterocycles. The minimum Gasteiger partial charge on any atom is -0.306 e. The van der Waals surface area contributed by atoms with Gasteiger partial charge in [-0.3, -0.25) is 0 Å². The van der Waals surface area contributed by atoms with Crippen LogP contribution >= 0.6 is 0 Å². The summed E-state index contributed by atoms with van der Waals surface area (Å²) in [6.45, 7) is 2.13. The van der Waals surface area contributed by atoms with Crippen molar-refractivity contribution in [2.24, 2.45) is 0 Å². The molecule has 2 N–H and O–H groups in total. The maximum absolute atomic E-state index is 3.35. The lowest BCUT2D eigenvalue weighted by atomic mass is 10.2. The number of rotatable bonds is 2. The molecule has 1 fully saturated rings. The van der Waals surface area contributed by atoms with Gasteiger partial charge in [0.15, 0.2) is 0 Å². The largest absolute Gasteiger partial charge is 0.306 e. The van der Waals surface area contributed by atoms with Gasteiger partial charge in [-0.15, -0.1) is 0 Å². The van der Waals surface area contributed by atoms with E-state index < -0.39 is 0 Å². The van der Waals surface area contributed by atoms with Crippen molar-refractivity contribution in [2.75, 3.05) is 18.5 Å². The van der Waals surface area contributed by atoms with E-state index in [1.165, 1.54) is 19.3 Å². The minimum absolute atomic E-state index is 1.06. The summed E-state index contributed by atoms with van der Waals surface area (Å²) in [5, 5.41) is 2.09. The number of hydrazine groups is 2. The first kappa shape index (κ1) is 9.49. The van der Waals surface area contributed by atoms with Crippen LogP contribution in [0.4, 0.5) is 5.69 Å². The Bertz CT molecular complexity index is 252. The van der Waals surface area contributed by atoms with Gasteiger partial charge in [-0.05, 0) is 25.0 Å². The van der Waals surface area contributed by atoms with Crippen LogP contribution in [0.25, 0.3) is 0 Å². The molecule has 0 saturated carbocycles. The quantitative estimate of drug-likeness (QED) is 0.748. The lowest BCUT2D eigenvalue weighted by Gasteiger charge is -2.22. The molecule has 76 valence electrons. The Kier molecular flexibility index (Phi) is 3.38. The smallest absolute Gasteiger partial charge is 0.0503 e. The summed E-state index contributed by atoms with van der Waals surface area (Å²) < 4.78 is 0. The molecule has 2 rings (SSSR count). The summed E-state index contributed by atoms with van der Waals surface area (Å²) in [7, 11) is 0. The van der Waals surface area contributed by atoms with Gasteiger partial charge in [0.05, 0.1) is 5.69 Å². The molecule has 0 atom stereocenters. The maximum atomic E-state index is 3.35. The third kappa shape index (κ3) is 2.72. The van der Waals surface area contributed by atoms with Crippen molar-refractivity contribution in [3.63, 3.8) is 0 Å². The maximum Gasteiger partial charge on any atom is 0.0503 e. The van der Waals surface area contributed by atoms with Crippen LogP contribution in [-0.4, -0.2) is 18.2 Å². The van der Waals surface area contributed by atoms with Gasteiger partial charge >= 0.3 is 0 Å². The molecule has 0 aromatic heterocycles. The van der Waals surface area contributed by atoms with E-state index in [-0.39, 0.29) is 0 Å². The molecule has 1 aliphatic heterocycles. The van der Waals surface area contributed by atoms with Gasteiger partial charge in [-0.1, -0.05) is 24.6 Å². The second-order valence-corrected chi connectivity index (χ2v) is 3.60. The van der Waals surface area contributed by atoms with Crippen LogP contribution < -0.4 is 10.9 Å². The molecule has 1 aromatic carbocycles. The Morgan fingerprint density at radius 2 is 1.93 bits per heavy atom. The van der Waals surface area contributed by atoms with Crippen LogP contribution in [0.15, 0.2) is 30.3 Å². The van der Waals surface area contributed by atoms with Crippen LogP contribution in [0.2, 0.25) is 0 Å². The lowest BCUT2D eigenvalue weighted by molar-refractivity contribution is 0.249. The lowest BCUT2D eigenvalue weighted by Crippen LogP contribution is -2.42. The molecule has 0 bridgehead atoms. The fourth-order valence-electron chi connectivity index (χ4n) is 1.63. The summed E-state index contributed by atoms with van der Waals surface area (Å²) in [6.07, 6.45) is 3.85. The average molecular weight is 191 g/mol. The van der Waals surface area contributed by atoms with Gasteiger partial charge < -0.3 is 5.43 Å². The van der Waals surface area contributed by atoms with Gasteiger partial charge in [0.25, 0.3) is 0 Å². The van der Waals surface area contributed by atoms with Gasteiger partial charge in [-0.2, -0.15) is 5.12 Å². The molecular weight excluding hydrogens is 174 g/mol. The molecule has 0 radical (unpaired) electrons. The van der Waals surface area contributed by atoms with E-state index in [1.807, 2.05) is 18.2 Å². The number of nitrogens with one attached hydrogen (secondary N) is 2. The summed E-state index contributed by atoms with van der Waals surface area (Å²) in [4.78, 5) is 0. The first-order valence-corrected chi connectivity index (χ1v) is 5.28. The minimum atomic E-state index is 1.06. The fraction of sp³-hybridized carbons (Fsp3) is 0.455. The van der Waals surface area contributed by atoms with Crippen LogP contribution in [-0.2, 0) is 0 Å². The molecule has 1 heterocycles. The molecule has 1 aromatic rings.